The second-order valence-electron chi connectivity index (χ2n) is 5.00. The normalized spacial score (nSPS) is 21.9. The van der Waals surface area contributed by atoms with Crippen LogP contribution in [0.1, 0.15) is 17.5 Å². The largest absolute Gasteiger partial charge is 0.489 e. The highest BCUT2D eigenvalue weighted by Gasteiger charge is 2.30. The lowest BCUT2D eigenvalue weighted by molar-refractivity contribution is 0.227. The van der Waals surface area contributed by atoms with Gasteiger partial charge in [-0.25, -0.2) is 22.0 Å². The van der Waals surface area contributed by atoms with Gasteiger partial charge in [-0.3, -0.25) is 0 Å². The number of rotatable bonds is 3. The number of ether oxygens (including phenoxy) is 1. The van der Waals surface area contributed by atoms with Gasteiger partial charge in [0.05, 0.1) is 16.4 Å². The van der Waals surface area contributed by atoms with Crippen molar-refractivity contribution in [2.45, 2.75) is 31.3 Å². The van der Waals surface area contributed by atoms with Crippen LogP contribution in [0.25, 0.3) is 0 Å². The molecule has 1 atom stereocenters. The van der Waals surface area contributed by atoms with Crippen LogP contribution >= 0.6 is 0 Å². The number of primary sulfonamides is 1. The summed E-state index contributed by atoms with van der Waals surface area (Å²) in [5.74, 6) is 0.630. The summed E-state index contributed by atoms with van der Waals surface area (Å²) in [7, 11) is -6.78. The highest BCUT2D eigenvalue weighted by atomic mass is 32.2. The van der Waals surface area contributed by atoms with Crippen LogP contribution in [-0.2, 0) is 19.9 Å². The van der Waals surface area contributed by atoms with Gasteiger partial charge in [-0.2, -0.15) is 0 Å². The molecule has 0 aromatic heterocycles. The molecule has 8 heteroatoms. The Morgan fingerprint density at radius 1 is 1.25 bits per heavy atom. The van der Waals surface area contributed by atoms with E-state index >= 15 is 0 Å². The number of hydrogen-bond acceptors (Lipinski definition) is 5. The highest BCUT2D eigenvalue weighted by molar-refractivity contribution is 7.91. The summed E-state index contributed by atoms with van der Waals surface area (Å²) in [4.78, 5) is 0.0568. The van der Waals surface area contributed by atoms with Gasteiger partial charge in [0.1, 0.15) is 11.9 Å². The van der Waals surface area contributed by atoms with Gasteiger partial charge in [0.15, 0.2) is 9.84 Å². The van der Waals surface area contributed by atoms with Crippen molar-refractivity contribution in [3.8, 4) is 5.75 Å². The first kappa shape index (κ1) is 15.3. The molecule has 1 aliphatic heterocycles. The molecule has 0 spiro atoms. The van der Waals surface area contributed by atoms with E-state index < -0.39 is 19.9 Å². The van der Waals surface area contributed by atoms with Gasteiger partial charge in [0, 0.05) is 0 Å². The Morgan fingerprint density at radius 2 is 1.90 bits per heavy atom. The van der Waals surface area contributed by atoms with E-state index in [2.05, 4.69) is 0 Å². The van der Waals surface area contributed by atoms with Gasteiger partial charge >= 0.3 is 0 Å². The summed E-state index contributed by atoms with van der Waals surface area (Å²) in [5, 5.41) is 5.13. The van der Waals surface area contributed by atoms with Crippen molar-refractivity contribution >= 4 is 19.9 Å². The molecule has 1 heterocycles. The Balaban J connectivity index is 2.29. The minimum absolute atomic E-state index is 0.00241. The Labute approximate surface area is 118 Å². The molecule has 1 fully saturated rings. The molecule has 1 unspecified atom stereocenters. The Morgan fingerprint density at radius 3 is 2.40 bits per heavy atom. The van der Waals surface area contributed by atoms with Crippen molar-refractivity contribution in [2.24, 2.45) is 5.14 Å². The first-order valence-corrected chi connectivity index (χ1v) is 9.47. The first-order valence-electron chi connectivity index (χ1n) is 6.10. The van der Waals surface area contributed by atoms with E-state index in [9.17, 15) is 16.8 Å². The van der Waals surface area contributed by atoms with Crippen LogP contribution in [0.4, 0.5) is 0 Å². The lowest BCUT2D eigenvalue weighted by Crippen LogP contribution is -2.19. The fraction of sp³-hybridized carbons (Fsp3) is 0.500. The van der Waals surface area contributed by atoms with Crippen LogP contribution in [-0.4, -0.2) is 34.4 Å². The predicted octanol–water partition coefficient (Wildman–Crippen LogP) is 0.517. The number of benzene rings is 1. The minimum Gasteiger partial charge on any atom is -0.489 e. The number of hydrogen-bond donors (Lipinski definition) is 1. The molecule has 0 amide bonds. The molecule has 0 aliphatic carbocycles. The average Bonchev–Trinajstić information content (AvgIpc) is 2.63. The Bertz CT molecular complexity index is 737. The predicted molar refractivity (Wildman–Crippen MR) is 75.0 cm³/mol. The smallest absolute Gasteiger partial charge is 0.238 e. The maximum Gasteiger partial charge on any atom is 0.238 e. The lowest BCUT2D eigenvalue weighted by Gasteiger charge is -2.17. The zero-order valence-corrected chi connectivity index (χ0v) is 12.9. The third-order valence-corrected chi connectivity index (χ3v) is 6.27. The molecule has 0 saturated carbocycles. The Hall–Kier alpha value is -1.12. The van der Waals surface area contributed by atoms with Gasteiger partial charge < -0.3 is 4.74 Å². The van der Waals surface area contributed by atoms with Crippen molar-refractivity contribution < 1.29 is 21.6 Å². The van der Waals surface area contributed by atoms with Crippen LogP contribution < -0.4 is 9.88 Å². The van der Waals surface area contributed by atoms with Crippen molar-refractivity contribution in [3.05, 3.63) is 23.3 Å². The fourth-order valence-corrected chi connectivity index (χ4v) is 4.67. The van der Waals surface area contributed by atoms with E-state index in [1.165, 1.54) is 12.1 Å². The molecule has 0 bridgehead atoms. The molecule has 112 valence electrons. The molecule has 1 aromatic carbocycles. The molecule has 1 saturated heterocycles. The summed E-state index contributed by atoms with van der Waals surface area (Å²) >= 11 is 0. The molecule has 1 aromatic rings. The fourth-order valence-electron chi connectivity index (χ4n) is 2.24. The van der Waals surface area contributed by atoms with E-state index in [4.69, 9.17) is 9.88 Å². The van der Waals surface area contributed by atoms with E-state index in [0.717, 1.165) is 0 Å². The van der Waals surface area contributed by atoms with Gasteiger partial charge in [-0.15, -0.1) is 0 Å². The molecular formula is C12H17NO5S2. The van der Waals surface area contributed by atoms with Gasteiger partial charge in [-0.05, 0) is 43.5 Å². The molecule has 2 rings (SSSR count). The van der Waals surface area contributed by atoms with Crippen LogP contribution in [0, 0.1) is 13.8 Å². The van der Waals surface area contributed by atoms with Gasteiger partial charge in [0.25, 0.3) is 0 Å². The summed E-state index contributed by atoms with van der Waals surface area (Å²) in [5.41, 5.74) is 1.17. The summed E-state index contributed by atoms with van der Waals surface area (Å²) in [6.45, 7) is 3.37. The van der Waals surface area contributed by atoms with E-state index in [-0.39, 0.29) is 22.5 Å². The van der Waals surface area contributed by atoms with Gasteiger partial charge in [-0.1, -0.05) is 0 Å². The topological polar surface area (TPSA) is 104 Å². The van der Waals surface area contributed by atoms with Gasteiger partial charge in [0.2, 0.25) is 10.0 Å². The van der Waals surface area contributed by atoms with Crippen LogP contribution in [0.5, 0.6) is 5.75 Å². The molecule has 6 nitrogen and oxygen atoms in total. The number of sulfonamides is 1. The molecule has 1 aliphatic rings. The number of sulfone groups is 1. The standard InChI is InChI=1S/C12H17NO5S2/c1-8-9(2)12(20(13,16)17)4-3-11(8)18-10-5-6-19(14,15)7-10/h3-4,10H,5-7H2,1-2H3,(H2,13,16,17). The minimum atomic E-state index is -3.77. The van der Waals surface area contributed by atoms with Crippen molar-refractivity contribution in [1.82, 2.24) is 0 Å². The maximum absolute atomic E-state index is 11.4. The molecular weight excluding hydrogens is 302 g/mol. The van der Waals surface area contributed by atoms with Crippen LogP contribution in [0.15, 0.2) is 17.0 Å². The van der Waals surface area contributed by atoms with Crippen LogP contribution in [0.2, 0.25) is 0 Å². The number of nitrogens with two attached hydrogens (primary N) is 1. The zero-order valence-electron chi connectivity index (χ0n) is 11.3. The highest BCUT2D eigenvalue weighted by Crippen LogP contribution is 2.29. The van der Waals surface area contributed by atoms with E-state index in [0.29, 0.717) is 23.3 Å². The lowest BCUT2D eigenvalue weighted by atomic mass is 10.1. The third-order valence-electron chi connectivity index (χ3n) is 3.48. The van der Waals surface area contributed by atoms with Crippen molar-refractivity contribution in [1.29, 1.82) is 0 Å². The maximum atomic E-state index is 11.4. The van der Waals surface area contributed by atoms with E-state index in [1.54, 1.807) is 13.8 Å². The summed E-state index contributed by atoms with van der Waals surface area (Å²) in [6, 6.07) is 2.91. The van der Waals surface area contributed by atoms with Crippen molar-refractivity contribution in [3.63, 3.8) is 0 Å². The van der Waals surface area contributed by atoms with Crippen molar-refractivity contribution in [2.75, 3.05) is 11.5 Å². The average molecular weight is 319 g/mol. The van der Waals surface area contributed by atoms with Crippen LogP contribution in [0.3, 0.4) is 0 Å². The molecule has 0 radical (unpaired) electrons. The second-order valence-corrected chi connectivity index (χ2v) is 8.76. The molecule has 20 heavy (non-hydrogen) atoms. The molecule has 2 N–H and O–H groups in total. The third kappa shape index (κ3) is 3.13. The Kier molecular flexibility index (Phi) is 3.83. The SMILES string of the molecule is Cc1c(OC2CCS(=O)(=O)C2)ccc(S(N)(=O)=O)c1C. The zero-order chi connectivity index (χ0) is 15.1. The summed E-state index contributed by atoms with van der Waals surface area (Å²) in [6.07, 6.45) is 0.0797. The first-order chi connectivity index (χ1) is 9.10. The monoisotopic (exact) mass is 319 g/mol. The summed E-state index contributed by atoms with van der Waals surface area (Å²) < 4.78 is 51.3. The van der Waals surface area contributed by atoms with E-state index in [1.807, 2.05) is 0 Å². The quantitative estimate of drug-likeness (QED) is 0.874. The second kappa shape index (κ2) is 5.01.